The first-order valence-corrected chi connectivity index (χ1v) is 7.78. The average Bonchev–Trinajstić information content (AvgIpc) is 2.93. The van der Waals surface area contributed by atoms with Gasteiger partial charge in [-0.2, -0.15) is 5.10 Å². The lowest BCUT2D eigenvalue weighted by Gasteiger charge is -2.13. The van der Waals surface area contributed by atoms with Crippen molar-refractivity contribution >= 4 is 15.8 Å². The number of carbonyl (C=O) groups excluding carboxylic acids is 1. The van der Waals surface area contributed by atoms with Crippen LogP contribution in [-0.2, 0) is 32.2 Å². The Morgan fingerprint density at radius 3 is 2.68 bits per heavy atom. The molecule has 1 aromatic heterocycles. The SMILES string of the molecule is COC(=O)CC1(CS(=O)(=O)Cc2ncnn2C)CC1. The average molecular weight is 287 g/mol. The van der Waals surface area contributed by atoms with Gasteiger partial charge in [0.15, 0.2) is 9.84 Å². The van der Waals surface area contributed by atoms with Crippen molar-refractivity contribution in [2.45, 2.75) is 25.0 Å². The summed E-state index contributed by atoms with van der Waals surface area (Å²) in [6, 6.07) is 0. The molecule has 0 saturated heterocycles. The summed E-state index contributed by atoms with van der Waals surface area (Å²) in [5.41, 5.74) is -0.426. The highest BCUT2D eigenvalue weighted by Gasteiger charge is 2.48. The minimum Gasteiger partial charge on any atom is -0.469 e. The van der Waals surface area contributed by atoms with Gasteiger partial charge in [0.2, 0.25) is 0 Å². The van der Waals surface area contributed by atoms with Gasteiger partial charge in [-0.1, -0.05) is 0 Å². The van der Waals surface area contributed by atoms with Gasteiger partial charge in [0, 0.05) is 7.05 Å². The van der Waals surface area contributed by atoms with Crippen LogP contribution in [0.2, 0.25) is 0 Å². The first-order chi connectivity index (χ1) is 8.86. The molecule has 0 aromatic carbocycles. The number of carbonyl (C=O) groups is 1. The van der Waals surface area contributed by atoms with E-state index in [0.29, 0.717) is 5.82 Å². The maximum Gasteiger partial charge on any atom is 0.306 e. The van der Waals surface area contributed by atoms with Gasteiger partial charge in [0.1, 0.15) is 17.9 Å². The Labute approximate surface area is 111 Å². The first kappa shape index (κ1) is 14.0. The fraction of sp³-hybridized carbons (Fsp3) is 0.727. The molecule has 0 radical (unpaired) electrons. The van der Waals surface area contributed by atoms with E-state index in [1.165, 1.54) is 18.1 Å². The third kappa shape index (κ3) is 3.52. The zero-order valence-electron chi connectivity index (χ0n) is 11.0. The molecule has 106 valence electrons. The van der Waals surface area contributed by atoms with Crippen LogP contribution < -0.4 is 0 Å². The quantitative estimate of drug-likeness (QED) is 0.688. The third-order valence-electron chi connectivity index (χ3n) is 3.38. The standard InChI is InChI=1S/C11H17N3O4S/c1-14-9(12-8-13-14)6-19(16,17)7-11(3-4-11)5-10(15)18-2/h8H,3-7H2,1-2H3. The van der Waals surface area contributed by atoms with Gasteiger partial charge in [-0.15, -0.1) is 0 Å². The first-order valence-electron chi connectivity index (χ1n) is 5.96. The molecular formula is C11H17N3O4S. The number of ether oxygens (including phenoxy) is 1. The largest absolute Gasteiger partial charge is 0.469 e. The number of aromatic nitrogens is 3. The van der Waals surface area contributed by atoms with Gasteiger partial charge in [-0.25, -0.2) is 13.4 Å². The molecule has 8 heteroatoms. The molecule has 0 unspecified atom stereocenters. The molecule has 1 aromatic rings. The fourth-order valence-corrected chi connectivity index (χ4v) is 4.17. The second kappa shape index (κ2) is 4.92. The van der Waals surface area contributed by atoms with E-state index in [1.807, 2.05) is 0 Å². The molecule has 1 aliphatic carbocycles. The zero-order chi connectivity index (χ0) is 14.1. The molecule has 1 saturated carbocycles. The van der Waals surface area contributed by atoms with Crippen molar-refractivity contribution in [2.24, 2.45) is 12.5 Å². The lowest BCUT2D eigenvalue weighted by atomic mass is 10.1. The normalized spacial score (nSPS) is 17.2. The molecule has 0 amide bonds. The highest BCUT2D eigenvalue weighted by molar-refractivity contribution is 7.90. The number of rotatable bonds is 6. The van der Waals surface area contributed by atoms with Crippen LogP contribution in [0.1, 0.15) is 25.1 Å². The third-order valence-corrected chi connectivity index (χ3v) is 5.13. The fourth-order valence-electron chi connectivity index (χ4n) is 2.09. The van der Waals surface area contributed by atoms with Crippen LogP contribution in [0.5, 0.6) is 0 Å². The lowest BCUT2D eigenvalue weighted by Crippen LogP contribution is -2.23. The highest BCUT2D eigenvalue weighted by Crippen LogP contribution is 2.50. The van der Waals surface area contributed by atoms with Crippen molar-refractivity contribution in [3.63, 3.8) is 0 Å². The Morgan fingerprint density at radius 1 is 1.53 bits per heavy atom. The van der Waals surface area contributed by atoms with Crippen LogP contribution in [-0.4, -0.2) is 42.0 Å². The molecule has 19 heavy (non-hydrogen) atoms. The van der Waals surface area contributed by atoms with E-state index in [-0.39, 0.29) is 23.9 Å². The van der Waals surface area contributed by atoms with Crippen LogP contribution >= 0.6 is 0 Å². The second-order valence-electron chi connectivity index (χ2n) is 5.09. The molecule has 0 aliphatic heterocycles. The molecule has 0 spiro atoms. The molecule has 1 aliphatic rings. The Kier molecular flexibility index (Phi) is 3.62. The predicted octanol–water partition coefficient (Wildman–Crippen LogP) is 0.0732. The molecule has 0 atom stereocenters. The van der Waals surface area contributed by atoms with Crippen LogP contribution in [0.3, 0.4) is 0 Å². The molecular weight excluding hydrogens is 270 g/mol. The van der Waals surface area contributed by atoms with E-state index in [9.17, 15) is 13.2 Å². The minimum atomic E-state index is -3.31. The summed E-state index contributed by atoms with van der Waals surface area (Å²) in [5, 5.41) is 3.84. The highest BCUT2D eigenvalue weighted by atomic mass is 32.2. The van der Waals surface area contributed by atoms with E-state index >= 15 is 0 Å². The molecule has 0 N–H and O–H groups in total. The number of nitrogens with zero attached hydrogens (tertiary/aromatic N) is 3. The Bertz CT molecular complexity index is 575. The maximum atomic E-state index is 12.1. The second-order valence-corrected chi connectivity index (χ2v) is 7.15. The molecule has 1 fully saturated rings. The van der Waals surface area contributed by atoms with Gasteiger partial charge < -0.3 is 4.74 Å². The van der Waals surface area contributed by atoms with Gasteiger partial charge in [-0.3, -0.25) is 9.48 Å². The van der Waals surface area contributed by atoms with Gasteiger partial charge in [0.25, 0.3) is 0 Å². The van der Waals surface area contributed by atoms with E-state index in [1.54, 1.807) is 7.05 Å². The van der Waals surface area contributed by atoms with Crippen LogP contribution in [0.15, 0.2) is 6.33 Å². The van der Waals surface area contributed by atoms with Gasteiger partial charge in [0.05, 0.1) is 19.3 Å². The van der Waals surface area contributed by atoms with Crippen molar-refractivity contribution in [2.75, 3.05) is 12.9 Å². The Morgan fingerprint density at radius 2 is 2.21 bits per heavy atom. The topological polar surface area (TPSA) is 91.2 Å². The summed E-state index contributed by atoms with van der Waals surface area (Å²) in [5.74, 6) is -0.0887. The summed E-state index contributed by atoms with van der Waals surface area (Å²) in [6.45, 7) is 0. The lowest BCUT2D eigenvalue weighted by molar-refractivity contribution is -0.141. The van der Waals surface area contributed by atoms with Crippen molar-refractivity contribution in [3.8, 4) is 0 Å². The van der Waals surface area contributed by atoms with Crippen LogP contribution in [0.4, 0.5) is 0 Å². The van der Waals surface area contributed by atoms with Crippen molar-refractivity contribution in [1.29, 1.82) is 0 Å². The zero-order valence-corrected chi connectivity index (χ0v) is 11.8. The van der Waals surface area contributed by atoms with E-state index in [4.69, 9.17) is 0 Å². The van der Waals surface area contributed by atoms with Gasteiger partial charge in [-0.05, 0) is 18.3 Å². The maximum absolute atomic E-state index is 12.1. The molecule has 7 nitrogen and oxygen atoms in total. The number of hydrogen-bond acceptors (Lipinski definition) is 6. The molecule has 1 heterocycles. The predicted molar refractivity (Wildman–Crippen MR) is 66.8 cm³/mol. The minimum absolute atomic E-state index is 0.00194. The summed E-state index contributed by atoms with van der Waals surface area (Å²) in [4.78, 5) is 15.2. The Hall–Kier alpha value is -1.44. The van der Waals surface area contributed by atoms with E-state index < -0.39 is 15.3 Å². The van der Waals surface area contributed by atoms with E-state index in [0.717, 1.165) is 12.8 Å². The van der Waals surface area contributed by atoms with E-state index in [2.05, 4.69) is 14.8 Å². The summed E-state index contributed by atoms with van der Waals surface area (Å²) in [7, 11) is -0.343. The smallest absolute Gasteiger partial charge is 0.306 e. The monoisotopic (exact) mass is 287 g/mol. The number of esters is 1. The molecule has 2 rings (SSSR count). The number of sulfone groups is 1. The summed E-state index contributed by atoms with van der Waals surface area (Å²) in [6.07, 6.45) is 2.99. The summed E-state index contributed by atoms with van der Waals surface area (Å²) < 4.78 is 30.3. The van der Waals surface area contributed by atoms with Crippen LogP contribution in [0.25, 0.3) is 0 Å². The van der Waals surface area contributed by atoms with Crippen molar-refractivity contribution in [3.05, 3.63) is 12.2 Å². The summed E-state index contributed by atoms with van der Waals surface area (Å²) >= 11 is 0. The Balaban J connectivity index is 2.02. The van der Waals surface area contributed by atoms with Crippen molar-refractivity contribution < 1.29 is 17.9 Å². The van der Waals surface area contributed by atoms with Crippen LogP contribution in [0, 0.1) is 5.41 Å². The van der Waals surface area contributed by atoms with Gasteiger partial charge >= 0.3 is 5.97 Å². The molecule has 0 bridgehead atoms. The number of aryl methyl sites for hydroxylation is 1. The number of methoxy groups -OCH3 is 1. The van der Waals surface area contributed by atoms with Crippen molar-refractivity contribution in [1.82, 2.24) is 14.8 Å². The number of hydrogen-bond donors (Lipinski definition) is 0.